The van der Waals surface area contributed by atoms with E-state index in [4.69, 9.17) is 4.74 Å². The van der Waals surface area contributed by atoms with E-state index in [1.165, 1.54) is 12.1 Å². The van der Waals surface area contributed by atoms with Gasteiger partial charge in [0.15, 0.2) is 0 Å². The minimum absolute atomic E-state index is 0. The highest BCUT2D eigenvalue weighted by molar-refractivity contribution is 5.85. The van der Waals surface area contributed by atoms with Gasteiger partial charge in [0.2, 0.25) is 0 Å². The summed E-state index contributed by atoms with van der Waals surface area (Å²) < 4.78 is 32.7. The molecule has 0 radical (unpaired) electrons. The smallest absolute Gasteiger partial charge is 0.126 e. The molecule has 118 valence electrons. The van der Waals surface area contributed by atoms with Gasteiger partial charge in [0.1, 0.15) is 11.6 Å². The molecule has 1 atom stereocenters. The van der Waals surface area contributed by atoms with Crippen molar-refractivity contribution in [3.05, 3.63) is 59.7 Å². The molecule has 2 aromatic carbocycles. The molecule has 1 heterocycles. The van der Waals surface area contributed by atoms with Crippen molar-refractivity contribution in [2.45, 2.75) is 19.1 Å². The summed E-state index contributed by atoms with van der Waals surface area (Å²) in [5.74, 6) is -1.14. The second-order valence-corrected chi connectivity index (χ2v) is 5.24. The maximum Gasteiger partial charge on any atom is 0.126 e. The van der Waals surface area contributed by atoms with Gasteiger partial charge >= 0.3 is 0 Å². The van der Waals surface area contributed by atoms with Crippen LogP contribution in [0.4, 0.5) is 8.78 Å². The minimum Gasteiger partial charge on any atom is -0.372 e. The monoisotopic (exact) mass is 325 g/mol. The third-order valence-electron chi connectivity index (χ3n) is 3.68. The molecule has 1 fully saturated rings. The summed E-state index contributed by atoms with van der Waals surface area (Å²) in [6, 6.07) is 11.1. The molecular formula is C17H18ClF2NO. The number of halogens is 3. The van der Waals surface area contributed by atoms with Crippen LogP contribution in [-0.4, -0.2) is 19.2 Å². The van der Waals surface area contributed by atoms with Gasteiger partial charge in [0.25, 0.3) is 0 Å². The molecule has 0 spiro atoms. The van der Waals surface area contributed by atoms with Crippen LogP contribution >= 0.6 is 12.4 Å². The normalized spacial score (nSPS) is 17.3. The van der Waals surface area contributed by atoms with E-state index in [1.54, 1.807) is 0 Å². The van der Waals surface area contributed by atoms with E-state index < -0.39 is 11.6 Å². The number of ether oxygens (including phenoxy) is 1. The Bertz CT molecular complexity index is 610. The summed E-state index contributed by atoms with van der Waals surface area (Å²) in [6.07, 6.45) is 1.21. The van der Waals surface area contributed by atoms with E-state index in [0.29, 0.717) is 12.2 Å². The van der Waals surface area contributed by atoms with E-state index in [1.807, 2.05) is 24.3 Å². The number of hydrogen-bond acceptors (Lipinski definition) is 2. The Hall–Kier alpha value is -1.49. The van der Waals surface area contributed by atoms with Crippen molar-refractivity contribution < 1.29 is 13.5 Å². The lowest BCUT2D eigenvalue weighted by molar-refractivity contribution is 0.0545. The Labute approximate surface area is 134 Å². The molecule has 1 saturated heterocycles. The molecule has 2 aromatic rings. The van der Waals surface area contributed by atoms with Gasteiger partial charge in [-0.25, -0.2) is 8.78 Å². The van der Waals surface area contributed by atoms with Crippen molar-refractivity contribution in [2.24, 2.45) is 0 Å². The average molecular weight is 326 g/mol. The first kappa shape index (κ1) is 16.9. The summed E-state index contributed by atoms with van der Waals surface area (Å²) in [5, 5.41) is 3.25. The second kappa shape index (κ2) is 7.68. The predicted molar refractivity (Wildman–Crippen MR) is 85.1 cm³/mol. The minimum atomic E-state index is -0.569. The van der Waals surface area contributed by atoms with E-state index in [9.17, 15) is 8.78 Å². The predicted octanol–water partition coefficient (Wildman–Crippen LogP) is 3.93. The molecule has 3 rings (SSSR count). The van der Waals surface area contributed by atoms with Crippen molar-refractivity contribution in [2.75, 3.05) is 13.1 Å². The van der Waals surface area contributed by atoms with Crippen LogP contribution in [0.3, 0.4) is 0 Å². The van der Waals surface area contributed by atoms with Gasteiger partial charge in [0.05, 0.1) is 12.7 Å². The van der Waals surface area contributed by atoms with Crippen molar-refractivity contribution in [1.82, 2.24) is 5.32 Å². The highest BCUT2D eigenvalue weighted by Gasteiger charge is 2.15. The SMILES string of the molecule is Cl.Fc1cc(F)cc(-c2ccccc2CO[C@H]2CCNC2)c1. The van der Waals surface area contributed by atoms with E-state index in [-0.39, 0.29) is 18.5 Å². The van der Waals surface area contributed by atoms with Gasteiger partial charge in [-0.05, 0) is 41.8 Å². The molecule has 5 heteroatoms. The largest absolute Gasteiger partial charge is 0.372 e. The first-order chi connectivity index (χ1) is 10.2. The van der Waals surface area contributed by atoms with Gasteiger partial charge in [-0.1, -0.05) is 24.3 Å². The highest BCUT2D eigenvalue weighted by atomic mass is 35.5. The Morgan fingerprint density at radius 1 is 1.09 bits per heavy atom. The fourth-order valence-corrected chi connectivity index (χ4v) is 2.62. The van der Waals surface area contributed by atoms with Crippen LogP contribution in [0, 0.1) is 11.6 Å². The fraction of sp³-hybridized carbons (Fsp3) is 0.294. The molecule has 0 aliphatic carbocycles. The van der Waals surface area contributed by atoms with Crippen LogP contribution in [0.15, 0.2) is 42.5 Å². The topological polar surface area (TPSA) is 21.3 Å². The summed E-state index contributed by atoms with van der Waals surface area (Å²) in [5.41, 5.74) is 2.28. The summed E-state index contributed by atoms with van der Waals surface area (Å²) in [7, 11) is 0. The lowest BCUT2D eigenvalue weighted by atomic mass is 10.00. The molecule has 1 N–H and O–H groups in total. The number of hydrogen-bond donors (Lipinski definition) is 1. The molecule has 0 amide bonds. The van der Waals surface area contributed by atoms with Crippen molar-refractivity contribution in [3.63, 3.8) is 0 Å². The molecule has 1 aliphatic heterocycles. The quantitative estimate of drug-likeness (QED) is 0.919. The third kappa shape index (κ3) is 4.03. The Morgan fingerprint density at radius 3 is 2.50 bits per heavy atom. The third-order valence-corrected chi connectivity index (χ3v) is 3.68. The Balaban J connectivity index is 0.00000176. The summed E-state index contributed by atoms with van der Waals surface area (Å²) in [6.45, 7) is 2.28. The van der Waals surface area contributed by atoms with Crippen LogP contribution in [0.25, 0.3) is 11.1 Å². The summed E-state index contributed by atoms with van der Waals surface area (Å²) in [4.78, 5) is 0. The van der Waals surface area contributed by atoms with Gasteiger partial charge in [0, 0.05) is 12.6 Å². The first-order valence-corrected chi connectivity index (χ1v) is 7.09. The van der Waals surface area contributed by atoms with Gasteiger partial charge < -0.3 is 10.1 Å². The lowest BCUT2D eigenvalue weighted by Crippen LogP contribution is -2.16. The summed E-state index contributed by atoms with van der Waals surface area (Å²) >= 11 is 0. The molecule has 0 aromatic heterocycles. The maximum absolute atomic E-state index is 13.4. The Kier molecular flexibility index (Phi) is 5.89. The standard InChI is InChI=1S/C17H17F2NO.ClH/c18-14-7-13(8-15(19)9-14)17-4-2-1-3-12(17)11-21-16-5-6-20-10-16;/h1-4,7-9,16,20H,5-6,10-11H2;1H/t16-;/m0./s1. The zero-order chi connectivity index (χ0) is 14.7. The second-order valence-electron chi connectivity index (χ2n) is 5.24. The number of rotatable bonds is 4. The number of benzene rings is 2. The zero-order valence-electron chi connectivity index (χ0n) is 12.0. The lowest BCUT2D eigenvalue weighted by Gasteiger charge is -2.14. The van der Waals surface area contributed by atoms with Crippen molar-refractivity contribution in [3.8, 4) is 11.1 Å². The fourth-order valence-electron chi connectivity index (χ4n) is 2.62. The Morgan fingerprint density at radius 2 is 1.82 bits per heavy atom. The zero-order valence-corrected chi connectivity index (χ0v) is 12.8. The molecule has 0 unspecified atom stereocenters. The van der Waals surface area contributed by atoms with Crippen LogP contribution in [-0.2, 0) is 11.3 Å². The van der Waals surface area contributed by atoms with Gasteiger partial charge in [-0.3, -0.25) is 0 Å². The van der Waals surface area contributed by atoms with Crippen LogP contribution in [0.5, 0.6) is 0 Å². The average Bonchev–Trinajstić information content (AvgIpc) is 2.98. The number of nitrogens with one attached hydrogen (secondary N) is 1. The van der Waals surface area contributed by atoms with E-state index >= 15 is 0 Å². The molecule has 22 heavy (non-hydrogen) atoms. The van der Waals surface area contributed by atoms with Crippen molar-refractivity contribution in [1.29, 1.82) is 0 Å². The van der Waals surface area contributed by atoms with Crippen LogP contribution in [0.1, 0.15) is 12.0 Å². The van der Waals surface area contributed by atoms with Gasteiger partial charge in [-0.2, -0.15) is 0 Å². The first-order valence-electron chi connectivity index (χ1n) is 7.09. The molecule has 0 saturated carbocycles. The highest BCUT2D eigenvalue weighted by Crippen LogP contribution is 2.26. The van der Waals surface area contributed by atoms with E-state index in [0.717, 1.165) is 36.7 Å². The van der Waals surface area contributed by atoms with Gasteiger partial charge in [-0.15, -0.1) is 12.4 Å². The molecule has 2 nitrogen and oxygen atoms in total. The maximum atomic E-state index is 13.4. The molecular weight excluding hydrogens is 308 g/mol. The van der Waals surface area contributed by atoms with E-state index in [2.05, 4.69) is 5.32 Å². The molecule has 1 aliphatic rings. The van der Waals surface area contributed by atoms with Crippen LogP contribution < -0.4 is 5.32 Å². The van der Waals surface area contributed by atoms with Crippen molar-refractivity contribution >= 4 is 12.4 Å². The van der Waals surface area contributed by atoms with Crippen LogP contribution in [0.2, 0.25) is 0 Å². The molecule has 0 bridgehead atoms.